The lowest BCUT2D eigenvalue weighted by Gasteiger charge is -2.14. The molecule has 1 unspecified atom stereocenters. The molecule has 2 N–H and O–H groups in total. The van der Waals surface area contributed by atoms with Gasteiger partial charge in [0.1, 0.15) is 11.3 Å². The van der Waals surface area contributed by atoms with E-state index >= 15 is 0 Å². The third kappa shape index (κ3) is 2.66. The third-order valence-corrected chi connectivity index (χ3v) is 4.30. The zero-order chi connectivity index (χ0) is 15.7. The van der Waals surface area contributed by atoms with Gasteiger partial charge in [0.2, 0.25) is 0 Å². The zero-order valence-electron chi connectivity index (χ0n) is 13.1. The van der Waals surface area contributed by atoms with Crippen molar-refractivity contribution in [1.82, 2.24) is 14.5 Å². The maximum Gasteiger partial charge on any atom is 0.410 e. The minimum atomic E-state index is -0.810. The maximum atomic E-state index is 11.0. The van der Waals surface area contributed by atoms with Gasteiger partial charge in [0.15, 0.2) is 5.75 Å². The van der Waals surface area contributed by atoms with Gasteiger partial charge in [-0.3, -0.25) is 0 Å². The highest BCUT2D eigenvalue weighted by Crippen LogP contribution is 2.32. The highest BCUT2D eigenvalue weighted by molar-refractivity contribution is 5.85. The lowest BCUT2D eigenvalue weighted by atomic mass is 10.1. The lowest BCUT2D eigenvalue weighted by molar-refractivity contribution is 0.211. The molecule has 1 atom stereocenters. The van der Waals surface area contributed by atoms with Gasteiger partial charge in [0.25, 0.3) is 0 Å². The van der Waals surface area contributed by atoms with Gasteiger partial charge in [-0.1, -0.05) is 13.0 Å². The first-order valence-electron chi connectivity index (χ1n) is 7.75. The van der Waals surface area contributed by atoms with E-state index in [1.165, 1.54) is 6.42 Å². The average Bonchev–Trinajstić information content (AvgIpc) is 3.05. The Balaban J connectivity index is 1.94. The van der Waals surface area contributed by atoms with Crippen LogP contribution < -0.4 is 10.5 Å². The molecule has 1 fully saturated rings. The molecule has 22 heavy (non-hydrogen) atoms. The van der Waals surface area contributed by atoms with Gasteiger partial charge in [-0.15, -0.1) is 0 Å². The van der Waals surface area contributed by atoms with Crippen molar-refractivity contribution in [3.63, 3.8) is 0 Å². The molecule has 1 aromatic heterocycles. The summed E-state index contributed by atoms with van der Waals surface area (Å²) in [5.74, 6) is 1.90. The van der Waals surface area contributed by atoms with E-state index in [9.17, 15) is 4.79 Å². The SMILES string of the molecule is CCCN1CCC(c2nc3c(OC(N)=O)cccc3n2C)C1. The largest absolute Gasteiger partial charge is 0.410 e. The average molecular weight is 302 g/mol. The number of imidazole rings is 1. The van der Waals surface area contributed by atoms with Gasteiger partial charge in [0.05, 0.1) is 5.52 Å². The Morgan fingerprint density at radius 1 is 1.50 bits per heavy atom. The van der Waals surface area contributed by atoms with Crippen LogP contribution in [0.15, 0.2) is 18.2 Å². The molecule has 1 aliphatic heterocycles. The van der Waals surface area contributed by atoms with Crippen molar-refractivity contribution in [3.8, 4) is 5.75 Å². The van der Waals surface area contributed by atoms with E-state index in [2.05, 4.69) is 16.4 Å². The number of nitrogens with zero attached hydrogens (tertiary/aromatic N) is 3. The predicted octanol–water partition coefficient (Wildman–Crippen LogP) is 2.23. The van der Waals surface area contributed by atoms with Gasteiger partial charge >= 0.3 is 6.09 Å². The Kier molecular flexibility index (Phi) is 4.02. The highest BCUT2D eigenvalue weighted by Gasteiger charge is 2.27. The molecular formula is C16H22N4O2. The molecule has 0 saturated carbocycles. The number of rotatable bonds is 4. The van der Waals surface area contributed by atoms with Crippen molar-refractivity contribution in [2.24, 2.45) is 12.8 Å². The highest BCUT2D eigenvalue weighted by atomic mass is 16.5. The summed E-state index contributed by atoms with van der Waals surface area (Å²) in [5.41, 5.74) is 6.79. The normalized spacial score (nSPS) is 18.9. The van der Waals surface area contributed by atoms with Crippen LogP contribution in [-0.2, 0) is 7.05 Å². The Hall–Kier alpha value is -2.08. The van der Waals surface area contributed by atoms with E-state index in [0.717, 1.165) is 37.4 Å². The fourth-order valence-electron chi connectivity index (χ4n) is 3.33. The Labute approximate surface area is 129 Å². The van der Waals surface area contributed by atoms with Crippen LogP contribution >= 0.6 is 0 Å². The summed E-state index contributed by atoms with van der Waals surface area (Å²) in [6.07, 6.45) is 1.48. The van der Waals surface area contributed by atoms with Crippen molar-refractivity contribution in [2.75, 3.05) is 19.6 Å². The number of carbonyl (C=O) groups is 1. The number of para-hydroxylation sites is 1. The second-order valence-electron chi connectivity index (χ2n) is 5.86. The number of fused-ring (bicyclic) bond motifs is 1. The summed E-state index contributed by atoms with van der Waals surface area (Å²) in [6, 6.07) is 5.56. The second kappa shape index (κ2) is 5.96. The van der Waals surface area contributed by atoms with E-state index in [0.29, 0.717) is 17.2 Å². The van der Waals surface area contributed by atoms with Crippen molar-refractivity contribution < 1.29 is 9.53 Å². The Bertz CT molecular complexity index is 695. The monoisotopic (exact) mass is 302 g/mol. The first kappa shape index (κ1) is 14.8. The number of primary amides is 1. The first-order chi connectivity index (χ1) is 10.6. The van der Waals surface area contributed by atoms with Crippen LogP contribution in [0.3, 0.4) is 0 Å². The third-order valence-electron chi connectivity index (χ3n) is 4.30. The van der Waals surface area contributed by atoms with Crippen LogP contribution in [0.1, 0.15) is 31.5 Å². The second-order valence-corrected chi connectivity index (χ2v) is 5.86. The van der Waals surface area contributed by atoms with Gasteiger partial charge in [-0.2, -0.15) is 0 Å². The van der Waals surface area contributed by atoms with Crippen LogP contribution in [0.5, 0.6) is 5.75 Å². The van der Waals surface area contributed by atoms with Crippen molar-refractivity contribution in [1.29, 1.82) is 0 Å². The molecule has 1 aliphatic rings. The van der Waals surface area contributed by atoms with Gasteiger partial charge in [0, 0.05) is 19.5 Å². The van der Waals surface area contributed by atoms with Gasteiger partial charge in [-0.05, 0) is 38.1 Å². The maximum absolute atomic E-state index is 11.0. The van der Waals surface area contributed by atoms with Gasteiger partial charge in [-0.25, -0.2) is 9.78 Å². The summed E-state index contributed by atoms with van der Waals surface area (Å²) in [6.45, 7) is 5.50. The van der Waals surface area contributed by atoms with Crippen LogP contribution in [0.25, 0.3) is 11.0 Å². The summed E-state index contributed by atoms with van der Waals surface area (Å²) in [5, 5.41) is 0. The molecule has 6 nitrogen and oxygen atoms in total. The molecule has 0 bridgehead atoms. The summed E-state index contributed by atoms with van der Waals surface area (Å²) in [7, 11) is 2.02. The number of aromatic nitrogens is 2. The molecule has 0 radical (unpaired) electrons. The summed E-state index contributed by atoms with van der Waals surface area (Å²) < 4.78 is 7.17. The smallest absolute Gasteiger partial charge is 0.408 e. The van der Waals surface area contributed by atoms with E-state index in [4.69, 9.17) is 15.5 Å². The van der Waals surface area contributed by atoms with Crippen LogP contribution in [0, 0.1) is 0 Å². The summed E-state index contributed by atoms with van der Waals surface area (Å²) >= 11 is 0. The minimum absolute atomic E-state index is 0.422. The molecule has 3 rings (SSSR count). The topological polar surface area (TPSA) is 73.4 Å². The first-order valence-corrected chi connectivity index (χ1v) is 7.75. The number of likely N-dealkylation sites (tertiary alicyclic amines) is 1. The number of hydrogen-bond acceptors (Lipinski definition) is 4. The zero-order valence-corrected chi connectivity index (χ0v) is 13.1. The standard InChI is InChI=1S/C16H22N4O2/c1-3-8-20-9-7-11(10-20)15-18-14-12(19(15)2)5-4-6-13(14)22-16(17)21/h4-6,11H,3,7-10H2,1-2H3,(H2,17,21). The summed E-state index contributed by atoms with van der Waals surface area (Å²) in [4.78, 5) is 18.3. The van der Waals surface area contributed by atoms with Gasteiger partial charge < -0.3 is 19.9 Å². The van der Waals surface area contributed by atoms with E-state index in [-0.39, 0.29) is 0 Å². The number of nitrogens with two attached hydrogens (primary N) is 1. The molecule has 2 heterocycles. The van der Waals surface area contributed by atoms with E-state index in [1.54, 1.807) is 6.07 Å². The molecule has 6 heteroatoms. The number of benzene rings is 1. The van der Waals surface area contributed by atoms with Crippen molar-refractivity contribution >= 4 is 17.1 Å². The molecule has 0 spiro atoms. The fourth-order valence-corrected chi connectivity index (χ4v) is 3.33. The Morgan fingerprint density at radius 3 is 3.05 bits per heavy atom. The predicted molar refractivity (Wildman–Crippen MR) is 85.0 cm³/mol. The number of aryl methyl sites for hydroxylation is 1. The molecule has 118 valence electrons. The molecule has 0 aliphatic carbocycles. The molecule has 1 amide bonds. The van der Waals surface area contributed by atoms with Crippen molar-refractivity contribution in [2.45, 2.75) is 25.7 Å². The van der Waals surface area contributed by atoms with Crippen LogP contribution in [-0.4, -0.2) is 40.2 Å². The fraction of sp³-hybridized carbons (Fsp3) is 0.500. The number of amides is 1. The number of hydrogen-bond donors (Lipinski definition) is 1. The molecular weight excluding hydrogens is 280 g/mol. The van der Waals surface area contributed by atoms with Crippen molar-refractivity contribution in [3.05, 3.63) is 24.0 Å². The van der Waals surface area contributed by atoms with Crippen LogP contribution in [0.4, 0.5) is 4.79 Å². The minimum Gasteiger partial charge on any atom is -0.408 e. The Morgan fingerprint density at radius 2 is 2.32 bits per heavy atom. The lowest BCUT2D eigenvalue weighted by Crippen LogP contribution is -2.21. The molecule has 1 aromatic carbocycles. The van der Waals surface area contributed by atoms with Crippen LogP contribution in [0.2, 0.25) is 0 Å². The van der Waals surface area contributed by atoms with E-state index < -0.39 is 6.09 Å². The quantitative estimate of drug-likeness (QED) is 0.940. The molecule has 1 saturated heterocycles. The van der Waals surface area contributed by atoms with E-state index in [1.807, 2.05) is 19.2 Å². The number of carbonyl (C=O) groups excluding carboxylic acids is 1. The molecule has 2 aromatic rings. The number of ether oxygens (including phenoxy) is 1.